The number of nitrogens with zero attached hydrogens (tertiary/aromatic N) is 3. The molecule has 0 fully saturated rings. The summed E-state index contributed by atoms with van der Waals surface area (Å²) in [6.45, 7) is 5.25. The average Bonchev–Trinajstić information content (AvgIpc) is 2.65. The van der Waals surface area contributed by atoms with Crippen molar-refractivity contribution < 1.29 is 4.74 Å². The second kappa shape index (κ2) is 6.89. The number of aromatic nitrogens is 2. The van der Waals surface area contributed by atoms with Crippen molar-refractivity contribution >= 4 is 11.6 Å². The Morgan fingerprint density at radius 3 is 2.94 bits per heavy atom. The second-order valence-electron chi connectivity index (χ2n) is 3.95. The van der Waals surface area contributed by atoms with Crippen LogP contribution in [0, 0.1) is 0 Å². The fraction of sp³-hybridized carbons (Fsp3) is 0.727. The highest BCUT2D eigenvalue weighted by Crippen LogP contribution is 2.05. The van der Waals surface area contributed by atoms with Gasteiger partial charge in [-0.05, 0) is 14.0 Å². The lowest BCUT2D eigenvalue weighted by atomic mass is 10.3. The fourth-order valence-corrected chi connectivity index (χ4v) is 1.97. The predicted molar refractivity (Wildman–Crippen MR) is 65.8 cm³/mol. The molecule has 0 N–H and O–H groups in total. The van der Waals surface area contributed by atoms with Crippen LogP contribution in [0.4, 0.5) is 0 Å². The van der Waals surface area contributed by atoms with Crippen LogP contribution in [0.1, 0.15) is 12.5 Å². The lowest BCUT2D eigenvalue weighted by molar-refractivity contribution is 0.181. The molecule has 0 saturated carbocycles. The van der Waals surface area contributed by atoms with Crippen molar-refractivity contribution in [2.75, 3.05) is 27.3 Å². The Kier molecular flexibility index (Phi) is 5.80. The second-order valence-corrected chi connectivity index (χ2v) is 4.57. The number of hydrogen-bond donors (Lipinski definition) is 0. The van der Waals surface area contributed by atoms with Crippen molar-refractivity contribution in [2.45, 2.75) is 25.4 Å². The van der Waals surface area contributed by atoms with E-state index in [-0.39, 0.29) is 5.38 Å². The molecule has 5 heteroatoms. The van der Waals surface area contributed by atoms with Crippen molar-refractivity contribution in [1.29, 1.82) is 0 Å². The molecule has 0 radical (unpaired) electrons. The summed E-state index contributed by atoms with van der Waals surface area (Å²) in [4.78, 5) is 2.17. The van der Waals surface area contributed by atoms with Crippen LogP contribution in [0.15, 0.2) is 12.4 Å². The van der Waals surface area contributed by atoms with Gasteiger partial charge in [-0.25, -0.2) is 0 Å². The molecule has 92 valence electrons. The maximum Gasteiger partial charge on any atom is 0.0696 e. The van der Waals surface area contributed by atoms with Gasteiger partial charge in [0.25, 0.3) is 0 Å². The third-order valence-electron chi connectivity index (χ3n) is 2.32. The zero-order valence-electron chi connectivity index (χ0n) is 10.2. The minimum absolute atomic E-state index is 0.0382. The summed E-state index contributed by atoms with van der Waals surface area (Å²) in [7, 11) is 3.72. The quantitative estimate of drug-likeness (QED) is 0.684. The molecule has 1 aromatic rings. The molecular formula is C11H20ClN3O. The van der Waals surface area contributed by atoms with Gasteiger partial charge in [0.2, 0.25) is 0 Å². The minimum atomic E-state index is 0.0382. The zero-order chi connectivity index (χ0) is 12.0. The fourth-order valence-electron chi connectivity index (χ4n) is 1.61. The van der Waals surface area contributed by atoms with Gasteiger partial charge in [-0.3, -0.25) is 4.68 Å². The van der Waals surface area contributed by atoms with Gasteiger partial charge >= 0.3 is 0 Å². The Bertz CT molecular complexity index is 303. The molecule has 1 heterocycles. The van der Waals surface area contributed by atoms with Gasteiger partial charge < -0.3 is 9.64 Å². The zero-order valence-corrected chi connectivity index (χ0v) is 10.9. The van der Waals surface area contributed by atoms with Crippen LogP contribution in [0.3, 0.4) is 0 Å². The molecule has 0 amide bonds. The molecule has 1 rings (SSSR count). The van der Waals surface area contributed by atoms with Gasteiger partial charge in [-0.15, -0.1) is 11.6 Å². The first kappa shape index (κ1) is 13.5. The third kappa shape index (κ3) is 4.51. The van der Waals surface area contributed by atoms with Crippen molar-refractivity contribution in [3.05, 3.63) is 18.0 Å². The molecule has 0 saturated heterocycles. The summed E-state index contributed by atoms with van der Waals surface area (Å²) in [6.07, 6.45) is 3.97. The van der Waals surface area contributed by atoms with Crippen molar-refractivity contribution in [1.82, 2.24) is 14.7 Å². The van der Waals surface area contributed by atoms with Crippen LogP contribution in [0.5, 0.6) is 0 Å². The summed E-state index contributed by atoms with van der Waals surface area (Å²) in [5.74, 6) is 0. The highest BCUT2D eigenvalue weighted by atomic mass is 35.5. The van der Waals surface area contributed by atoms with E-state index in [0.29, 0.717) is 6.61 Å². The summed E-state index contributed by atoms with van der Waals surface area (Å²) >= 11 is 6.09. The van der Waals surface area contributed by atoms with E-state index in [1.54, 1.807) is 7.11 Å². The summed E-state index contributed by atoms with van der Waals surface area (Å²) < 4.78 is 6.93. The van der Waals surface area contributed by atoms with E-state index >= 15 is 0 Å². The van der Waals surface area contributed by atoms with Gasteiger partial charge in [0.1, 0.15) is 0 Å². The summed E-state index contributed by atoms with van der Waals surface area (Å²) in [5.41, 5.74) is 1.21. The number of halogens is 1. The molecular weight excluding hydrogens is 226 g/mol. The molecule has 0 aliphatic heterocycles. The molecule has 0 aliphatic rings. The molecule has 0 aliphatic carbocycles. The number of ether oxygens (including phenoxy) is 1. The van der Waals surface area contributed by atoms with Gasteiger partial charge in [0.15, 0.2) is 0 Å². The van der Waals surface area contributed by atoms with Crippen LogP contribution in [0.25, 0.3) is 0 Å². The lowest BCUT2D eigenvalue weighted by Gasteiger charge is -2.18. The number of rotatable bonds is 7. The average molecular weight is 246 g/mol. The normalized spacial score (nSPS) is 13.3. The van der Waals surface area contributed by atoms with Crippen molar-refractivity contribution in [3.8, 4) is 0 Å². The first-order chi connectivity index (χ1) is 7.65. The van der Waals surface area contributed by atoms with Crippen LogP contribution < -0.4 is 0 Å². The minimum Gasteiger partial charge on any atom is -0.383 e. The maximum absolute atomic E-state index is 6.09. The van der Waals surface area contributed by atoms with E-state index in [9.17, 15) is 0 Å². The smallest absolute Gasteiger partial charge is 0.0696 e. The van der Waals surface area contributed by atoms with Gasteiger partial charge in [0.05, 0.1) is 18.2 Å². The number of methoxy groups -OCH3 is 1. The van der Waals surface area contributed by atoms with Gasteiger partial charge in [0, 0.05) is 38.5 Å². The highest BCUT2D eigenvalue weighted by Gasteiger charge is 2.09. The van der Waals surface area contributed by atoms with E-state index in [0.717, 1.165) is 19.6 Å². The molecule has 16 heavy (non-hydrogen) atoms. The maximum atomic E-state index is 6.09. The first-order valence-corrected chi connectivity index (χ1v) is 5.92. The van der Waals surface area contributed by atoms with E-state index in [1.165, 1.54) is 5.56 Å². The van der Waals surface area contributed by atoms with Gasteiger partial charge in [-0.1, -0.05) is 0 Å². The van der Waals surface area contributed by atoms with Crippen LogP contribution in [0.2, 0.25) is 0 Å². The molecule has 1 aromatic heterocycles. The lowest BCUT2D eigenvalue weighted by Crippen LogP contribution is -2.28. The largest absolute Gasteiger partial charge is 0.383 e. The number of hydrogen-bond acceptors (Lipinski definition) is 3. The number of aryl methyl sites for hydroxylation is 1. The van der Waals surface area contributed by atoms with Crippen molar-refractivity contribution in [3.63, 3.8) is 0 Å². The Hall–Kier alpha value is -0.580. The van der Waals surface area contributed by atoms with E-state index in [4.69, 9.17) is 16.3 Å². The molecule has 0 aromatic carbocycles. The number of alkyl halides is 1. The monoisotopic (exact) mass is 245 g/mol. The van der Waals surface area contributed by atoms with Crippen LogP contribution in [-0.4, -0.2) is 47.4 Å². The van der Waals surface area contributed by atoms with Gasteiger partial charge in [-0.2, -0.15) is 5.10 Å². The topological polar surface area (TPSA) is 30.3 Å². The molecule has 0 bridgehead atoms. The Morgan fingerprint density at radius 2 is 2.38 bits per heavy atom. The Labute approximate surface area is 102 Å². The van der Waals surface area contributed by atoms with E-state index < -0.39 is 0 Å². The third-order valence-corrected chi connectivity index (χ3v) is 2.58. The molecule has 1 atom stereocenters. The molecule has 0 spiro atoms. The molecule has 1 unspecified atom stereocenters. The Morgan fingerprint density at radius 1 is 1.62 bits per heavy atom. The van der Waals surface area contributed by atoms with Crippen molar-refractivity contribution in [2.24, 2.45) is 0 Å². The standard InChI is InChI=1S/C11H20ClN3O/c1-4-15-7-10(5-13-15)6-14(2)8-11(12)9-16-3/h5,7,11H,4,6,8-9H2,1-3H3. The predicted octanol–water partition coefficient (Wildman–Crippen LogP) is 1.59. The molecule has 4 nitrogen and oxygen atoms in total. The van der Waals surface area contributed by atoms with Crippen LogP contribution in [-0.2, 0) is 17.8 Å². The summed E-state index contributed by atoms with van der Waals surface area (Å²) in [5, 5.41) is 4.27. The Balaban J connectivity index is 2.35. The highest BCUT2D eigenvalue weighted by molar-refractivity contribution is 6.20. The van der Waals surface area contributed by atoms with E-state index in [1.807, 2.05) is 17.9 Å². The van der Waals surface area contributed by atoms with Crippen LogP contribution >= 0.6 is 11.6 Å². The summed E-state index contributed by atoms with van der Waals surface area (Å²) in [6, 6.07) is 0. The first-order valence-electron chi connectivity index (χ1n) is 5.48. The van der Waals surface area contributed by atoms with E-state index in [2.05, 4.69) is 23.1 Å². The SMILES string of the molecule is CCn1cc(CN(C)CC(Cl)COC)cn1.